The van der Waals surface area contributed by atoms with Crippen molar-refractivity contribution in [3.63, 3.8) is 0 Å². The number of carboxylic acids is 1. The van der Waals surface area contributed by atoms with Gasteiger partial charge in [-0.15, -0.1) is 11.8 Å². The van der Waals surface area contributed by atoms with Crippen LogP contribution in [0.1, 0.15) is 23.7 Å². The third-order valence-corrected chi connectivity index (χ3v) is 6.14. The lowest BCUT2D eigenvalue weighted by Crippen LogP contribution is -2.50. The Hall–Kier alpha value is -1.73. The summed E-state index contributed by atoms with van der Waals surface area (Å²) in [4.78, 5) is 40.1. The topological polar surface area (TPSA) is 77.9 Å². The molecule has 1 aromatic rings. The zero-order chi connectivity index (χ0) is 18.1. The number of benzene rings is 1. The number of carbonyl (C=O) groups is 3. The number of halogens is 1. The van der Waals surface area contributed by atoms with E-state index in [0.717, 1.165) is 0 Å². The van der Waals surface area contributed by atoms with Crippen LogP contribution in [0.5, 0.6) is 0 Å². The van der Waals surface area contributed by atoms with Crippen molar-refractivity contribution in [2.75, 3.05) is 18.2 Å². The SMILES string of the molecule is CC1C(C(=O)O)CCN1C(=O)C1CSCN1C(=O)c1ccc(Cl)cc1. The molecular weight excluding hydrogens is 364 g/mol. The molecule has 2 amide bonds. The van der Waals surface area contributed by atoms with Gasteiger partial charge in [0, 0.05) is 28.9 Å². The van der Waals surface area contributed by atoms with Crippen molar-refractivity contribution in [2.24, 2.45) is 5.92 Å². The average Bonchev–Trinajstić information content (AvgIpc) is 3.21. The quantitative estimate of drug-likeness (QED) is 0.866. The molecule has 2 aliphatic heterocycles. The van der Waals surface area contributed by atoms with Crippen molar-refractivity contribution in [3.8, 4) is 0 Å². The average molecular weight is 383 g/mol. The number of amides is 2. The molecule has 0 aromatic heterocycles. The van der Waals surface area contributed by atoms with Crippen LogP contribution in [-0.4, -0.2) is 62.9 Å². The monoisotopic (exact) mass is 382 g/mol. The molecule has 6 nitrogen and oxygen atoms in total. The summed E-state index contributed by atoms with van der Waals surface area (Å²) in [6.07, 6.45) is 0.452. The van der Waals surface area contributed by atoms with Crippen molar-refractivity contribution in [2.45, 2.75) is 25.4 Å². The third-order valence-electron chi connectivity index (χ3n) is 4.87. The van der Waals surface area contributed by atoms with Crippen molar-refractivity contribution < 1.29 is 19.5 Å². The Balaban J connectivity index is 1.75. The van der Waals surface area contributed by atoms with Gasteiger partial charge in [-0.1, -0.05) is 11.6 Å². The summed E-state index contributed by atoms with van der Waals surface area (Å²) in [5.74, 6) is -0.817. The van der Waals surface area contributed by atoms with Crippen molar-refractivity contribution >= 4 is 41.1 Å². The van der Waals surface area contributed by atoms with E-state index >= 15 is 0 Å². The second kappa shape index (κ2) is 7.25. The Morgan fingerprint density at radius 2 is 1.88 bits per heavy atom. The highest BCUT2D eigenvalue weighted by atomic mass is 35.5. The Kier molecular flexibility index (Phi) is 5.24. The summed E-state index contributed by atoms with van der Waals surface area (Å²) in [5, 5.41) is 9.79. The van der Waals surface area contributed by atoms with Gasteiger partial charge in [0.15, 0.2) is 0 Å². The van der Waals surface area contributed by atoms with Crippen LogP contribution in [0.2, 0.25) is 5.02 Å². The van der Waals surface area contributed by atoms with Crippen molar-refractivity contribution in [3.05, 3.63) is 34.9 Å². The van der Waals surface area contributed by atoms with Crippen LogP contribution in [0, 0.1) is 5.92 Å². The fourth-order valence-corrected chi connectivity index (χ4v) is 4.65. The van der Waals surface area contributed by atoms with E-state index < -0.39 is 17.9 Å². The van der Waals surface area contributed by atoms with Gasteiger partial charge in [0.05, 0.1) is 11.8 Å². The van der Waals surface area contributed by atoms with Crippen LogP contribution in [0.3, 0.4) is 0 Å². The van der Waals surface area contributed by atoms with Crippen LogP contribution in [0.25, 0.3) is 0 Å². The number of carboxylic acid groups (broad SMARTS) is 1. The number of hydrogen-bond donors (Lipinski definition) is 1. The lowest BCUT2D eigenvalue weighted by atomic mass is 10.0. The number of carbonyl (C=O) groups excluding carboxylic acids is 2. The van der Waals surface area contributed by atoms with E-state index in [4.69, 9.17) is 11.6 Å². The first-order valence-corrected chi connectivity index (χ1v) is 9.61. The second-order valence-electron chi connectivity index (χ2n) is 6.30. The lowest BCUT2D eigenvalue weighted by Gasteiger charge is -2.30. The van der Waals surface area contributed by atoms with Crippen LogP contribution in [0.4, 0.5) is 0 Å². The largest absolute Gasteiger partial charge is 0.481 e. The highest BCUT2D eigenvalue weighted by molar-refractivity contribution is 7.99. The maximum Gasteiger partial charge on any atom is 0.308 e. The molecule has 0 aliphatic carbocycles. The molecule has 0 saturated carbocycles. The van der Waals surface area contributed by atoms with E-state index in [-0.39, 0.29) is 17.9 Å². The first-order valence-electron chi connectivity index (χ1n) is 8.07. The summed E-state index contributed by atoms with van der Waals surface area (Å²) in [6.45, 7) is 2.18. The van der Waals surface area contributed by atoms with E-state index in [1.54, 1.807) is 41.0 Å². The standard InChI is InChI=1S/C17H19ClN2O4S/c1-10-13(17(23)24)6-7-19(10)16(22)14-8-25-9-20(14)15(21)11-2-4-12(18)5-3-11/h2-5,10,13-14H,6-9H2,1H3,(H,23,24). The maximum atomic E-state index is 12.9. The van der Waals surface area contributed by atoms with Gasteiger partial charge in [0.25, 0.3) is 5.91 Å². The van der Waals surface area contributed by atoms with Crippen molar-refractivity contribution in [1.82, 2.24) is 9.80 Å². The van der Waals surface area contributed by atoms with Crippen LogP contribution in [0.15, 0.2) is 24.3 Å². The maximum absolute atomic E-state index is 12.9. The Labute approximate surface area is 155 Å². The number of likely N-dealkylation sites (tertiary alicyclic amines) is 1. The van der Waals surface area contributed by atoms with E-state index in [1.165, 1.54) is 11.8 Å². The molecule has 3 unspecified atom stereocenters. The molecular formula is C17H19ClN2O4S. The molecule has 2 heterocycles. The van der Waals surface area contributed by atoms with E-state index in [2.05, 4.69) is 0 Å². The molecule has 0 spiro atoms. The number of rotatable bonds is 3. The molecule has 25 heavy (non-hydrogen) atoms. The predicted molar refractivity (Wildman–Crippen MR) is 95.7 cm³/mol. The van der Waals surface area contributed by atoms with Crippen LogP contribution >= 0.6 is 23.4 Å². The molecule has 8 heteroatoms. The van der Waals surface area contributed by atoms with E-state index in [0.29, 0.717) is 35.2 Å². The number of nitrogens with zero attached hydrogens (tertiary/aromatic N) is 2. The fraction of sp³-hybridized carbons (Fsp3) is 0.471. The molecule has 134 valence electrons. The zero-order valence-corrected chi connectivity index (χ0v) is 15.3. The van der Waals surface area contributed by atoms with Gasteiger partial charge in [-0.25, -0.2) is 0 Å². The third kappa shape index (κ3) is 3.48. The number of hydrogen-bond acceptors (Lipinski definition) is 4. The lowest BCUT2D eigenvalue weighted by molar-refractivity contribution is -0.143. The Morgan fingerprint density at radius 1 is 1.20 bits per heavy atom. The van der Waals surface area contributed by atoms with E-state index in [9.17, 15) is 19.5 Å². The van der Waals surface area contributed by atoms with Crippen LogP contribution in [-0.2, 0) is 9.59 Å². The van der Waals surface area contributed by atoms with Gasteiger partial charge in [0.2, 0.25) is 5.91 Å². The molecule has 3 rings (SSSR count). The Bertz CT molecular complexity index is 696. The molecule has 2 fully saturated rings. The summed E-state index contributed by atoms with van der Waals surface area (Å²) in [5.41, 5.74) is 0.489. The molecule has 3 atom stereocenters. The van der Waals surface area contributed by atoms with Gasteiger partial charge >= 0.3 is 5.97 Å². The van der Waals surface area contributed by atoms with Crippen molar-refractivity contribution in [1.29, 1.82) is 0 Å². The smallest absolute Gasteiger partial charge is 0.308 e. The van der Waals surface area contributed by atoms with Gasteiger partial charge in [-0.3, -0.25) is 14.4 Å². The fourth-order valence-electron chi connectivity index (χ4n) is 3.38. The predicted octanol–water partition coefficient (Wildman–Crippen LogP) is 2.18. The number of thioether (sulfide) groups is 1. The zero-order valence-electron chi connectivity index (χ0n) is 13.7. The molecule has 0 bridgehead atoms. The van der Waals surface area contributed by atoms with Gasteiger partial charge in [-0.05, 0) is 37.6 Å². The van der Waals surface area contributed by atoms with Gasteiger partial charge < -0.3 is 14.9 Å². The molecule has 1 aromatic carbocycles. The van der Waals surface area contributed by atoms with Gasteiger partial charge in [0.1, 0.15) is 6.04 Å². The second-order valence-corrected chi connectivity index (χ2v) is 7.74. The summed E-state index contributed by atoms with van der Waals surface area (Å²) < 4.78 is 0. The minimum atomic E-state index is -0.877. The minimum absolute atomic E-state index is 0.163. The molecule has 0 radical (unpaired) electrons. The highest BCUT2D eigenvalue weighted by Gasteiger charge is 2.44. The first kappa shape index (κ1) is 18.1. The molecule has 2 saturated heterocycles. The Morgan fingerprint density at radius 3 is 2.48 bits per heavy atom. The summed E-state index contributed by atoms with van der Waals surface area (Å²) in [6, 6.07) is 5.68. The minimum Gasteiger partial charge on any atom is -0.481 e. The number of aliphatic carboxylic acids is 1. The first-order chi connectivity index (χ1) is 11.9. The summed E-state index contributed by atoms with van der Waals surface area (Å²) in [7, 11) is 0. The molecule has 1 N–H and O–H groups in total. The summed E-state index contributed by atoms with van der Waals surface area (Å²) >= 11 is 7.39. The highest BCUT2D eigenvalue weighted by Crippen LogP contribution is 2.30. The normalized spacial score (nSPS) is 26.1. The van der Waals surface area contributed by atoms with Crippen LogP contribution < -0.4 is 0 Å². The van der Waals surface area contributed by atoms with Gasteiger partial charge in [-0.2, -0.15) is 0 Å². The molecule has 2 aliphatic rings. The van der Waals surface area contributed by atoms with E-state index in [1.807, 2.05) is 0 Å².